The van der Waals surface area contributed by atoms with E-state index in [0.717, 1.165) is 5.76 Å². The van der Waals surface area contributed by atoms with Crippen LogP contribution in [0.2, 0.25) is 0 Å². The smallest absolute Gasteiger partial charge is 0.191 e. The van der Waals surface area contributed by atoms with E-state index in [1.54, 1.807) is 6.20 Å². The first-order valence-corrected chi connectivity index (χ1v) is 3.32. The highest BCUT2D eigenvalue weighted by atomic mass is 16.5. The van der Waals surface area contributed by atoms with Crippen LogP contribution < -0.4 is 0 Å². The van der Waals surface area contributed by atoms with Crippen LogP contribution in [-0.2, 0) is 11.3 Å². The average molecular weight is 141 g/mol. The van der Waals surface area contributed by atoms with E-state index >= 15 is 0 Å². The van der Waals surface area contributed by atoms with E-state index in [-0.39, 0.29) is 0 Å². The van der Waals surface area contributed by atoms with Crippen LogP contribution in [0, 0.1) is 6.92 Å². The molecule has 0 saturated carbocycles. The molecule has 0 bridgehead atoms. The first-order chi connectivity index (χ1) is 4.83. The fraction of sp³-hybridized carbons (Fsp3) is 0.571. The van der Waals surface area contributed by atoms with Gasteiger partial charge in [0.2, 0.25) is 0 Å². The summed E-state index contributed by atoms with van der Waals surface area (Å²) >= 11 is 0. The van der Waals surface area contributed by atoms with Crippen molar-refractivity contribution in [1.82, 2.24) is 4.98 Å². The Morgan fingerprint density at radius 2 is 2.50 bits per heavy atom. The van der Waals surface area contributed by atoms with Crippen LogP contribution in [0.3, 0.4) is 0 Å². The van der Waals surface area contributed by atoms with Gasteiger partial charge in [-0.25, -0.2) is 4.98 Å². The van der Waals surface area contributed by atoms with E-state index in [4.69, 9.17) is 9.15 Å². The minimum absolute atomic E-state index is 0.525. The van der Waals surface area contributed by atoms with Crippen molar-refractivity contribution < 1.29 is 9.15 Å². The molecule has 0 N–H and O–H groups in total. The van der Waals surface area contributed by atoms with Gasteiger partial charge >= 0.3 is 0 Å². The summed E-state index contributed by atoms with van der Waals surface area (Å²) in [6.45, 7) is 5.00. The summed E-state index contributed by atoms with van der Waals surface area (Å²) in [6, 6.07) is 0. The lowest BCUT2D eigenvalue weighted by molar-refractivity contribution is 0.117. The van der Waals surface area contributed by atoms with Gasteiger partial charge in [-0.2, -0.15) is 0 Å². The largest absolute Gasteiger partial charge is 0.444 e. The summed E-state index contributed by atoms with van der Waals surface area (Å²) in [4.78, 5) is 3.92. The molecule has 3 nitrogen and oxygen atoms in total. The van der Waals surface area contributed by atoms with Crippen molar-refractivity contribution in [1.29, 1.82) is 0 Å². The minimum atomic E-state index is 0.525. The molecule has 1 aromatic rings. The Bertz CT molecular complexity index is 195. The maximum absolute atomic E-state index is 5.15. The summed E-state index contributed by atoms with van der Waals surface area (Å²) < 4.78 is 10.2. The SMILES string of the molecule is CCOCc1cnc(C)o1. The molecule has 0 aliphatic carbocycles. The van der Waals surface area contributed by atoms with Gasteiger partial charge in [0.25, 0.3) is 0 Å². The van der Waals surface area contributed by atoms with Crippen LogP contribution in [0.1, 0.15) is 18.6 Å². The third kappa shape index (κ3) is 1.84. The molecule has 1 rings (SSSR count). The standard InChI is InChI=1S/C7H11NO2/c1-3-9-5-7-4-8-6(2)10-7/h4H,3,5H2,1-2H3. The highest BCUT2D eigenvalue weighted by Crippen LogP contribution is 2.02. The maximum Gasteiger partial charge on any atom is 0.191 e. The molecular weight excluding hydrogens is 130 g/mol. The molecule has 0 aliphatic heterocycles. The molecular formula is C7H11NO2. The van der Waals surface area contributed by atoms with Crippen LogP contribution >= 0.6 is 0 Å². The van der Waals surface area contributed by atoms with Gasteiger partial charge in [0.15, 0.2) is 5.89 Å². The quantitative estimate of drug-likeness (QED) is 0.640. The van der Waals surface area contributed by atoms with Crippen molar-refractivity contribution >= 4 is 0 Å². The Morgan fingerprint density at radius 1 is 1.70 bits per heavy atom. The van der Waals surface area contributed by atoms with Crippen LogP contribution in [0.15, 0.2) is 10.6 Å². The number of ether oxygens (including phenoxy) is 1. The second-order valence-electron chi connectivity index (χ2n) is 1.98. The molecule has 0 aromatic carbocycles. The molecule has 0 unspecified atom stereocenters. The molecule has 10 heavy (non-hydrogen) atoms. The van der Waals surface area contributed by atoms with E-state index in [9.17, 15) is 0 Å². The average Bonchev–Trinajstić information content (AvgIpc) is 2.31. The van der Waals surface area contributed by atoms with Crippen molar-refractivity contribution in [3.8, 4) is 0 Å². The molecule has 0 amide bonds. The summed E-state index contributed by atoms with van der Waals surface area (Å²) in [7, 11) is 0. The highest BCUT2D eigenvalue weighted by Gasteiger charge is 1.97. The Kier molecular flexibility index (Phi) is 2.45. The van der Waals surface area contributed by atoms with Crippen molar-refractivity contribution in [2.75, 3.05) is 6.61 Å². The minimum Gasteiger partial charge on any atom is -0.444 e. The molecule has 0 radical (unpaired) electrons. The van der Waals surface area contributed by atoms with Gasteiger partial charge in [0.1, 0.15) is 12.4 Å². The van der Waals surface area contributed by atoms with E-state index in [2.05, 4.69) is 4.98 Å². The number of oxazole rings is 1. The number of hydrogen-bond acceptors (Lipinski definition) is 3. The molecule has 0 aliphatic rings. The van der Waals surface area contributed by atoms with Gasteiger partial charge in [-0.3, -0.25) is 0 Å². The third-order valence-corrected chi connectivity index (χ3v) is 1.12. The highest BCUT2D eigenvalue weighted by molar-refractivity contribution is 4.90. The van der Waals surface area contributed by atoms with Gasteiger partial charge in [0.05, 0.1) is 6.20 Å². The number of rotatable bonds is 3. The van der Waals surface area contributed by atoms with Gasteiger partial charge in [-0.15, -0.1) is 0 Å². The van der Waals surface area contributed by atoms with E-state index in [1.165, 1.54) is 0 Å². The van der Waals surface area contributed by atoms with Crippen molar-refractivity contribution in [3.63, 3.8) is 0 Å². The first-order valence-electron chi connectivity index (χ1n) is 3.32. The van der Waals surface area contributed by atoms with E-state index in [0.29, 0.717) is 19.1 Å². The number of nitrogens with zero attached hydrogens (tertiary/aromatic N) is 1. The number of hydrogen-bond donors (Lipinski definition) is 0. The Labute approximate surface area is 60.0 Å². The summed E-state index contributed by atoms with van der Waals surface area (Å²) in [5.41, 5.74) is 0. The summed E-state index contributed by atoms with van der Waals surface area (Å²) in [5, 5.41) is 0. The van der Waals surface area contributed by atoms with Gasteiger partial charge < -0.3 is 9.15 Å². The normalized spacial score (nSPS) is 10.2. The molecule has 0 fully saturated rings. The van der Waals surface area contributed by atoms with Gasteiger partial charge in [-0.05, 0) is 6.92 Å². The molecule has 3 heteroatoms. The van der Waals surface area contributed by atoms with Gasteiger partial charge in [0, 0.05) is 13.5 Å². The zero-order chi connectivity index (χ0) is 7.40. The second-order valence-corrected chi connectivity index (χ2v) is 1.98. The zero-order valence-electron chi connectivity index (χ0n) is 6.26. The van der Waals surface area contributed by atoms with Crippen LogP contribution in [-0.4, -0.2) is 11.6 Å². The van der Waals surface area contributed by atoms with Crippen LogP contribution in [0.4, 0.5) is 0 Å². The third-order valence-electron chi connectivity index (χ3n) is 1.12. The molecule has 0 spiro atoms. The lowest BCUT2D eigenvalue weighted by Gasteiger charge is -1.93. The topological polar surface area (TPSA) is 35.3 Å². The Balaban J connectivity index is 2.42. The fourth-order valence-electron chi connectivity index (χ4n) is 0.675. The summed E-state index contributed by atoms with van der Waals surface area (Å²) in [5.74, 6) is 1.48. The van der Waals surface area contributed by atoms with Crippen molar-refractivity contribution in [3.05, 3.63) is 17.8 Å². The molecule has 56 valence electrons. The predicted octanol–water partition coefficient (Wildman–Crippen LogP) is 1.52. The second kappa shape index (κ2) is 3.37. The van der Waals surface area contributed by atoms with E-state index < -0.39 is 0 Å². The Morgan fingerprint density at radius 3 is 3.00 bits per heavy atom. The lowest BCUT2D eigenvalue weighted by Crippen LogP contribution is -1.88. The molecule has 1 aromatic heterocycles. The number of aromatic nitrogens is 1. The molecule has 0 saturated heterocycles. The predicted molar refractivity (Wildman–Crippen MR) is 36.6 cm³/mol. The summed E-state index contributed by atoms with van der Waals surface area (Å²) in [6.07, 6.45) is 1.69. The van der Waals surface area contributed by atoms with Crippen molar-refractivity contribution in [2.24, 2.45) is 0 Å². The lowest BCUT2D eigenvalue weighted by atomic mass is 10.5. The monoisotopic (exact) mass is 141 g/mol. The van der Waals surface area contributed by atoms with Crippen LogP contribution in [0.25, 0.3) is 0 Å². The van der Waals surface area contributed by atoms with Gasteiger partial charge in [-0.1, -0.05) is 0 Å². The number of aryl methyl sites for hydroxylation is 1. The van der Waals surface area contributed by atoms with Crippen LogP contribution in [0.5, 0.6) is 0 Å². The zero-order valence-corrected chi connectivity index (χ0v) is 6.26. The maximum atomic E-state index is 5.15. The van der Waals surface area contributed by atoms with Crippen molar-refractivity contribution in [2.45, 2.75) is 20.5 Å². The molecule has 0 atom stereocenters. The Hall–Kier alpha value is -0.830. The molecule has 1 heterocycles. The first kappa shape index (κ1) is 7.28. The fourth-order valence-corrected chi connectivity index (χ4v) is 0.675. The van der Waals surface area contributed by atoms with E-state index in [1.807, 2.05) is 13.8 Å².